The number of guanidine groups is 1. The predicted molar refractivity (Wildman–Crippen MR) is 76.7 cm³/mol. The van der Waals surface area contributed by atoms with Crippen molar-refractivity contribution in [2.75, 3.05) is 31.9 Å². The van der Waals surface area contributed by atoms with Gasteiger partial charge in [0.1, 0.15) is 0 Å². The molecule has 1 heterocycles. The number of nitrogens with zero attached hydrogens (tertiary/aromatic N) is 2. The first kappa shape index (κ1) is 14.6. The quantitative estimate of drug-likeness (QED) is 0.551. The van der Waals surface area contributed by atoms with E-state index in [0.717, 1.165) is 18.9 Å². The van der Waals surface area contributed by atoms with Gasteiger partial charge in [0.2, 0.25) is 10.0 Å². The van der Waals surface area contributed by atoms with Gasteiger partial charge < -0.3 is 10.6 Å². The molecule has 1 aliphatic carbocycles. The van der Waals surface area contributed by atoms with E-state index in [-0.39, 0.29) is 5.75 Å². The fraction of sp³-hybridized carbons (Fsp3) is 0.917. The van der Waals surface area contributed by atoms with Crippen LogP contribution in [0.4, 0.5) is 0 Å². The first-order chi connectivity index (χ1) is 9.03. The fourth-order valence-corrected chi connectivity index (χ4v) is 3.75. The normalized spacial score (nSPS) is 30.3. The molecule has 1 saturated heterocycles. The Hall–Kier alpha value is -0.820. The Kier molecular flexibility index (Phi) is 4.67. The molecule has 2 unspecified atom stereocenters. The number of hydrogen-bond donors (Lipinski definition) is 2. The molecular formula is C12H24N4O2S. The molecule has 2 N–H and O–H groups in total. The summed E-state index contributed by atoms with van der Waals surface area (Å²) in [6.45, 7) is 6.68. The van der Waals surface area contributed by atoms with Crippen molar-refractivity contribution in [2.45, 2.75) is 32.7 Å². The van der Waals surface area contributed by atoms with Crippen molar-refractivity contribution in [3.8, 4) is 0 Å². The molecule has 7 heteroatoms. The van der Waals surface area contributed by atoms with E-state index in [1.165, 1.54) is 6.42 Å². The summed E-state index contributed by atoms with van der Waals surface area (Å²) in [5.74, 6) is 1.80. The van der Waals surface area contributed by atoms with Crippen LogP contribution in [0.3, 0.4) is 0 Å². The Balaban J connectivity index is 1.81. The van der Waals surface area contributed by atoms with Gasteiger partial charge in [-0.1, -0.05) is 6.92 Å². The molecule has 0 radical (unpaired) electrons. The molecule has 2 fully saturated rings. The minimum atomic E-state index is -2.99. The average molecular weight is 288 g/mol. The van der Waals surface area contributed by atoms with Gasteiger partial charge in [0.25, 0.3) is 0 Å². The van der Waals surface area contributed by atoms with Crippen LogP contribution in [0.25, 0.3) is 0 Å². The first-order valence-corrected chi connectivity index (χ1v) is 8.66. The van der Waals surface area contributed by atoms with Gasteiger partial charge in [-0.05, 0) is 25.7 Å². The van der Waals surface area contributed by atoms with Crippen LogP contribution in [0, 0.1) is 5.92 Å². The highest BCUT2D eigenvalue weighted by atomic mass is 32.2. The van der Waals surface area contributed by atoms with Crippen LogP contribution in [0.15, 0.2) is 4.99 Å². The van der Waals surface area contributed by atoms with E-state index in [1.54, 1.807) is 4.31 Å². The lowest BCUT2D eigenvalue weighted by atomic mass is 10.4. The molecule has 2 atom stereocenters. The third-order valence-electron chi connectivity index (χ3n) is 3.60. The van der Waals surface area contributed by atoms with Crippen LogP contribution >= 0.6 is 0 Å². The van der Waals surface area contributed by atoms with E-state index in [0.29, 0.717) is 31.6 Å². The Labute approximate surface area is 115 Å². The number of hydrogen-bond acceptors (Lipinski definition) is 3. The van der Waals surface area contributed by atoms with Crippen molar-refractivity contribution in [1.82, 2.24) is 14.9 Å². The second kappa shape index (κ2) is 6.09. The SMILES string of the molecule is CCNC(=NCCN1CCCS1(=O)=O)NC1CC1C. The Morgan fingerprint density at radius 1 is 1.47 bits per heavy atom. The molecule has 110 valence electrons. The molecular weight excluding hydrogens is 264 g/mol. The summed E-state index contributed by atoms with van der Waals surface area (Å²) in [5.41, 5.74) is 0. The van der Waals surface area contributed by atoms with Gasteiger partial charge in [-0.3, -0.25) is 4.99 Å². The van der Waals surface area contributed by atoms with Gasteiger partial charge in [0.05, 0.1) is 12.3 Å². The monoisotopic (exact) mass is 288 g/mol. The second-order valence-electron chi connectivity index (χ2n) is 5.29. The highest BCUT2D eigenvalue weighted by Crippen LogP contribution is 2.28. The summed E-state index contributed by atoms with van der Waals surface area (Å²) < 4.78 is 24.8. The largest absolute Gasteiger partial charge is 0.357 e. The van der Waals surface area contributed by atoms with E-state index in [2.05, 4.69) is 22.5 Å². The maximum absolute atomic E-state index is 11.6. The molecule has 0 aromatic heterocycles. The minimum Gasteiger partial charge on any atom is -0.357 e. The van der Waals surface area contributed by atoms with Crippen LogP contribution in [0.1, 0.15) is 26.7 Å². The van der Waals surface area contributed by atoms with Gasteiger partial charge in [-0.15, -0.1) is 0 Å². The van der Waals surface area contributed by atoms with Gasteiger partial charge in [-0.2, -0.15) is 0 Å². The standard InChI is InChI=1S/C12H24N4O2S/c1-3-13-12(15-11-9-10(11)2)14-5-7-16-6-4-8-19(16,17)18/h10-11H,3-9H2,1-2H3,(H2,13,14,15). The lowest BCUT2D eigenvalue weighted by molar-refractivity contribution is 0.452. The van der Waals surface area contributed by atoms with Gasteiger partial charge >= 0.3 is 0 Å². The van der Waals surface area contributed by atoms with Crippen molar-refractivity contribution in [2.24, 2.45) is 10.9 Å². The molecule has 1 saturated carbocycles. The van der Waals surface area contributed by atoms with Crippen LogP contribution in [-0.2, 0) is 10.0 Å². The zero-order chi connectivity index (χ0) is 13.9. The molecule has 0 aromatic carbocycles. The summed E-state index contributed by atoms with van der Waals surface area (Å²) in [4.78, 5) is 4.45. The van der Waals surface area contributed by atoms with E-state index in [4.69, 9.17) is 0 Å². The van der Waals surface area contributed by atoms with Crippen molar-refractivity contribution < 1.29 is 8.42 Å². The molecule has 2 rings (SSSR count). The predicted octanol–water partition coefficient (Wildman–Crippen LogP) is -0.0146. The molecule has 19 heavy (non-hydrogen) atoms. The van der Waals surface area contributed by atoms with Crippen molar-refractivity contribution in [3.05, 3.63) is 0 Å². The molecule has 1 aliphatic heterocycles. The summed E-state index contributed by atoms with van der Waals surface area (Å²) in [5, 5.41) is 6.55. The van der Waals surface area contributed by atoms with Gasteiger partial charge in [0.15, 0.2) is 5.96 Å². The number of nitrogens with one attached hydrogen (secondary N) is 2. The summed E-state index contributed by atoms with van der Waals surface area (Å²) in [7, 11) is -2.99. The summed E-state index contributed by atoms with van der Waals surface area (Å²) in [6, 6.07) is 0.522. The Bertz CT molecular complexity index is 435. The average Bonchev–Trinajstić information content (AvgIpc) is 2.91. The lowest BCUT2D eigenvalue weighted by Crippen LogP contribution is -2.39. The third kappa shape index (κ3) is 4.07. The van der Waals surface area contributed by atoms with E-state index in [9.17, 15) is 8.42 Å². The number of sulfonamides is 1. The fourth-order valence-electron chi connectivity index (χ4n) is 2.23. The zero-order valence-corrected chi connectivity index (χ0v) is 12.5. The molecule has 6 nitrogen and oxygen atoms in total. The van der Waals surface area contributed by atoms with E-state index < -0.39 is 10.0 Å². The number of rotatable bonds is 5. The van der Waals surface area contributed by atoms with Crippen LogP contribution in [0.2, 0.25) is 0 Å². The maximum atomic E-state index is 11.6. The zero-order valence-electron chi connectivity index (χ0n) is 11.7. The molecule has 0 spiro atoms. The lowest BCUT2D eigenvalue weighted by Gasteiger charge is -2.14. The number of aliphatic imine (C=N–C) groups is 1. The molecule has 0 bridgehead atoms. The topological polar surface area (TPSA) is 73.8 Å². The highest BCUT2D eigenvalue weighted by molar-refractivity contribution is 7.89. The van der Waals surface area contributed by atoms with Crippen molar-refractivity contribution >= 4 is 16.0 Å². The Morgan fingerprint density at radius 2 is 2.21 bits per heavy atom. The maximum Gasteiger partial charge on any atom is 0.214 e. The second-order valence-corrected chi connectivity index (χ2v) is 7.38. The Morgan fingerprint density at radius 3 is 2.74 bits per heavy atom. The minimum absolute atomic E-state index is 0.286. The summed E-state index contributed by atoms with van der Waals surface area (Å²) >= 11 is 0. The van der Waals surface area contributed by atoms with Crippen molar-refractivity contribution in [3.63, 3.8) is 0 Å². The van der Waals surface area contributed by atoms with Crippen molar-refractivity contribution in [1.29, 1.82) is 0 Å². The first-order valence-electron chi connectivity index (χ1n) is 7.05. The van der Waals surface area contributed by atoms with Gasteiger partial charge in [-0.25, -0.2) is 12.7 Å². The smallest absolute Gasteiger partial charge is 0.214 e. The molecule has 0 aromatic rings. The summed E-state index contributed by atoms with van der Waals surface area (Å²) in [6.07, 6.45) is 1.93. The van der Waals surface area contributed by atoms with Crippen LogP contribution in [0.5, 0.6) is 0 Å². The molecule has 2 aliphatic rings. The highest BCUT2D eigenvalue weighted by Gasteiger charge is 2.33. The van der Waals surface area contributed by atoms with Crippen LogP contribution in [-0.4, -0.2) is 56.7 Å². The van der Waals surface area contributed by atoms with Gasteiger partial charge in [0, 0.05) is 25.7 Å². The van der Waals surface area contributed by atoms with E-state index >= 15 is 0 Å². The van der Waals surface area contributed by atoms with E-state index in [1.807, 2.05) is 6.92 Å². The molecule has 0 amide bonds. The third-order valence-corrected chi connectivity index (χ3v) is 5.55. The van der Waals surface area contributed by atoms with Crippen LogP contribution < -0.4 is 10.6 Å².